The molecule has 1 aliphatic heterocycles. The van der Waals surface area contributed by atoms with E-state index in [0.29, 0.717) is 32.0 Å². The Labute approximate surface area is 167 Å². The Morgan fingerprint density at radius 2 is 2.04 bits per heavy atom. The van der Waals surface area contributed by atoms with Crippen molar-refractivity contribution in [3.05, 3.63) is 40.1 Å². The van der Waals surface area contributed by atoms with E-state index in [2.05, 4.69) is 5.32 Å². The average Bonchev–Trinajstić information content (AvgIpc) is 3.02. The first-order valence-corrected chi connectivity index (χ1v) is 10.4. The second-order valence-corrected chi connectivity index (χ2v) is 8.71. The number of nitrogens with zero attached hydrogens (tertiary/aromatic N) is 2. The Balaban J connectivity index is 0.00000261. The number of anilines is 1. The van der Waals surface area contributed by atoms with E-state index in [4.69, 9.17) is 10.1 Å². The van der Waals surface area contributed by atoms with Gasteiger partial charge in [-0.1, -0.05) is 6.07 Å². The number of carbonyl (C=O) groups is 1. The van der Waals surface area contributed by atoms with Gasteiger partial charge in [0.15, 0.2) is 4.80 Å². The number of halogens is 1. The van der Waals surface area contributed by atoms with Crippen molar-refractivity contribution in [2.75, 3.05) is 31.6 Å². The molecule has 0 atom stereocenters. The lowest BCUT2D eigenvalue weighted by Gasteiger charge is -2.26. The largest absolute Gasteiger partial charge is 1.00 e. The van der Waals surface area contributed by atoms with Crippen molar-refractivity contribution in [3.8, 4) is 0 Å². The van der Waals surface area contributed by atoms with Crippen LogP contribution in [0.25, 0.3) is 0 Å². The molecular formula is C16H20ClN4O4S2-. The second kappa shape index (κ2) is 8.98. The van der Waals surface area contributed by atoms with Crippen LogP contribution in [0.15, 0.2) is 34.7 Å². The monoisotopic (exact) mass is 431 g/mol. The van der Waals surface area contributed by atoms with Gasteiger partial charge in [-0.05, 0) is 24.6 Å². The molecule has 1 aliphatic rings. The molecule has 3 rings (SSSR count). The highest BCUT2D eigenvalue weighted by Gasteiger charge is 2.26. The third-order valence-electron chi connectivity index (χ3n) is 4.09. The minimum Gasteiger partial charge on any atom is -1.00 e. The lowest BCUT2D eigenvalue weighted by molar-refractivity contribution is -0.116. The highest BCUT2D eigenvalue weighted by molar-refractivity contribution is 7.89. The third kappa shape index (κ3) is 4.96. The van der Waals surface area contributed by atoms with Gasteiger partial charge in [-0.25, -0.2) is 8.42 Å². The van der Waals surface area contributed by atoms with Gasteiger partial charge in [0, 0.05) is 30.4 Å². The molecular weight excluding hydrogens is 412 g/mol. The molecule has 27 heavy (non-hydrogen) atoms. The molecule has 0 aliphatic carbocycles. The number of sulfonamides is 1. The molecule has 1 amide bonds. The SMILES string of the molecule is Cc1ccc(S(=O)(=O)N2CCOCC2)cc1NC(=O)Cn1ccsc1=N.[Cl-]. The molecule has 11 heteroatoms. The first kappa shape index (κ1) is 21.6. The summed E-state index contributed by atoms with van der Waals surface area (Å²) in [7, 11) is -3.63. The van der Waals surface area contributed by atoms with Gasteiger partial charge >= 0.3 is 0 Å². The van der Waals surface area contributed by atoms with Crippen LogP contribution in [0, 0.1) is 12.3 Å². The van der Waals surface area contributed by atoms with Crippen LogP contribution >= 0.6 is 11.3 Å². The van der Waals surface area contributed by atoms with Crippen LogP contribution in [0.1, 0.15) is 5.56 Å². The maximum atomic E-state index is 12.8. The van der Waals surface area contributed by atoms with Crippen molar-refractivity contribution < 1.29 is 30.4 Å². The van der Waals surface area contributed by atoms with Crippen LogP contribution in [0.5, 0.6) is 0 Å². The van der Waals surface area contributed by atoms with Crippen LogP contribution in [-0.4, -0.2) is 49.5 Å². The van der Waals surface area contributed by atoms with Gasteiger partial charge in [0.1, 0.15) is 6.54 Å². The Hall–Kier alpha value is -1.72. The topological polar surface area (TPSA) is 104 Å². The molecule has 1 saturated heterocycles. The van der Waals surface area contributed by atoms with E-state index in [1.54, 1.807) is 30.6 Å². The van der Waals surface area contributed by atoms with E-state index in [1.165, 1.54) is 26.3 Å². The minimum absolute atomic E-state index is 0. The Morgan fingerprint density at radius 3 is 2.67 bits per heavy atom. The zero-order chi connectivity index (χ0) is 18.7. The van der Waals surface area contributed by atoms with E-state index in [-0.39, 0.29) is 34.6 Å². The quantitative estimate of drug-likeness (QED) is 0.571. The number of rotatable bonds is 5. The second-order valence-electron chi connectivity index (χ2n) is 5.88. The Bertz CT molecular complexity index is 965. The van der Waals surface area contributed by atoms with E-state index >= 15 is 0 Å². The fourth-order valence-electron chi connectivity index (χ4n) is 2.60. The van der Waals surface area contributed by atoms with Crippen molar-refractivity contribution >= 4 is 33.0 Å². The summed E-state index contributed by atoms with van der Waals surface area (Å²) in [6.07, 6.45) is 1.67. The Morgan fingerprint density at radius 1 is 1.33 bits per heavy atom. The molecule has 0 spiro atoms. The smallest absolute Gasteiger partial charge is 0.244 e. The maximum Gasteiger partial charge on any atom is 0.244 e. The predicted octanol–water partition coefficient (Wildman–Crippen LogP) is -2.00. The van der Waals surface area contributed by atoms with Gasteiger partial charge in [-0.15, -0.1) is 11.3 Å². The number of aromatic nitrogens is 1. The number of benzene rings is 1. The number of aryl methyl sites for hydroxylation is 1. The van der Waals surface area contributed by atoms with Crippen molar-refractivity contribution in [1.82, 2.24) is 8.87 Å². The molecule has 148 valence electrons. The normalized spacial score (nSPS) is 15.1. The summed E-state index contributed by atoms with van der Waals surface area (Å²) >= 11 is 1.23. The summed E-state index contributed by atoms with van der Waals surface area (Å²) in [6.45, 7) is 3.19. The molecule has 2 aromatic rings. The molecule has 2 heterocycles. The van der Waals surface area contributed by atoms with Crippen molar-refractivity contribution in [1.29, 1.82) is 5.41 Å². The molecule has 1 aromatic carbocycles. The van der Waals surface area contributed by atoms with Gasteiger partial charge in [-0.3, -0.25) is 10.2 Å². The van der Waals surface area contributed by atoms with Crippen molar-refractivity contribution in [3.63, 3.8) is 0 Å². The number of amides is 1. The molecule has 0 saturated carbocycles. The molecule has 2 N–H and O–H groups in total. The van der Waals surface area contributed by atoms with Crippen LogP contribution in [0.2, 0.25) is 0 Å². The third-order valence-corrected chi connectivity index (χ3v) is 6.70. The fraction of sp³-hybridized carbons (Fsp3) is 0.375. The van der Waals surface area contributed by atoms with E-state index in [9.17, 15) is 13.2 Å². The van der Waals surface area contributed by atoms with Crippen molar-refractivity contribution in [2.45, 2.75) is 18.4 Å². The maximum absolute atomic E-state index is 12.8. The van der Waals surface area contributed by atoms with E-state index in [0.717, 1.165) is 5.56 Å². The van der Waals surface area contributed by atoms with Crippen molar-refractivity contribution in [2.24, 2.45) is 0 Å². The highest BCUT2D eigenvalue weighted by Crippen LogP contribution is 2.23. The average molecular weight is 432 g/mol. The fourth-order valence-corrected chi connectivity index (χ4v) is 4.64. The number of thiazole rings is 1. The van der Waals surface area contributed by atoms with Crippen LogP contribution in [0.3, 0.4) is 0 Å². The first-order valence-electron chi connectivity index (χ1n) is 8.05. The Kier molecular flexibility index (Phi) is 7.18. The summed E-state index contributed by atoms with van der Waals surface area (Å²) in [5.74, 6) is -0.314. The lowest BCUT2D eigenvalue weighted by atomic mass is 10.2. The number of carbonyl (C=O) groups excluding carboxylic acids is 1. The summed E-state index contributed by atoms with van der Waals surface area (Å²) < 4.78 is 33.6. The van der Waals surface area contributed by atoms with Gasteiger partial charge in [0.2, 0.25) is 15.9 Å². The molecule has 8 nitrogen and oxygen atoms in total. The van der Waals surface area contributed by atoms with Gasteiger partial charge in [0.05, 0.1) is 18.1 Å². The molecule has 1 fully saturated rings. The van der Waals surface area contributed by atoms with Crippen LogP contribution in [-0.2, 0) is 26.1 Å². The van der Waals surface area contributed by atoms with Crippen LogP contribution < -0.4 is 22.5 Å². The molecule has 0 radical (unpaired) electrons. The van der Waals surface area contributed by atoms with Gasteiger partial charge < -0.3 is 27.0 Å². The van der Waals surface area contributed by atoms with E-state index in [1.807, 2.05) is 0 Å². The van der Waals surface area contributed by atoms with E-state index < -0.39 is 10.0 Å². The summed E-state index contributed by atoms with van der Waals surface area (Å²) in [5, 5.41) is 12.2. The van der Waals surface area contributed by atoms with Gasteiger partial charge in [-0.2, -0.15) is 4.31 Å². The summed E-state index contributed by atoms with van der Waals surface area (Å²) in [6, 6.07) is 4.71. The molecule has 0 bridgehead atoms. The lowest BCUT2D eigenvalue weighted by Crippen LogP contribution is -3.00. The number of ether oxygens (including phenoxy) is 1. The zero-order valence-corrected chi connectivity index (χ0v) is 17.0. The standard InChI is InChI=1S/C16H20N4O4S2.ClH/c1-12-2-3-13(26(22,23)20-4-7-24-8-5-20)10-14(12)18-15(21)11-19-6-9-25-16(19)17;/h2-3,6,9-10,17H,4-5,7-8,11H2,1H3,(H,18,21);1H/p-1. The number of hydrogen-bond donors (Lipinski definition) is 2. The first-order chi connectivity index (χ1) is 12.4. The zero-order valence-electron chi connectivity index (χ0n) is 14.6. The molecule has 1 aromatic heterocycles. The number of morpholine rings is 1. The predicted molar refractivity (Wildman–Crippen MR) is 97.6 cm³/mol. The minimum atomic E-state index is -3.63. The summed E-state index contributed by atoms with van der Waals surface area (Å²) in [5.41, 5.74) is 1.22. The summed E-state index contributed by atoms with van der Waals surface area (Å²) in [4.78, 5) is 12.7. The highest BCUT2D eigenvalue weighted by atomic mass is 35.5. The van der Waals surface area contributed by atoms with Crippen LogP contribution in [0.4, 0.5) is 5.69 Å². The molecule has 0 unspecified atom stereocenters. The number of nitrogens with one attached hydrogen (secondary N) is 2. The van der Waals surface area contributed by atoms with Gasteiger partial charge in [0.25, 0.3) is 0 Å². The number of hydrogen-bond acceptors (Lipinski definition) is 6.